The molecule has 0 aliphatic carbocycles. The van der Waals surface area contributed by atoms with Gasteiger partial charge in [-0.1, -0.05) is 18.2 Å². The van der Waals surface area contributed by atoms with Crippen LogP contribution in [0.3, 0.4) is 0 Å². The normalized spacial score (nSPS) is 12.7. The highest BCUT2D eigenvalue weighted by Crippen LogP contribution is 2.27. The van der Waals surface area contributed by atoms with Crippen LogP contribution >= 0.6 is 11.3 Å². The molecule has 3 nitrogen and oxygen atoms in total. The molecule has 0 aliphatic rings. The van der Waals surface area contributed by atoms with Crippen molar-refractivity contribution in [3.63, 3.8) is 0 Å². The van der Waals surface area contributed by atoms with E-state index < -0.39 is 0 Å². The average molecular weight is 297 g/mol. The Morgan fingerprint density at radius 2 is 2.14 bits per heavy atom. The molecule has 0 bridgehead atoms. The van der Waals surface area contributed by atoms with E-state index in [1.807, 2.05) is 13.0 Å². The molecule has 0 radical (unpaired) electrons. The molecule has 0 aliphatic heterocycles. The van der Waals surface area contributed by atoms with Gasteiger partial charge in [0.15, 0.2) is 0 Å². The molecule has 4 heteroatoms. The minimum Gasteiger partial charge on any atom is -0.271 e. The zero-order valence-electron chi connectivity index (χ0n) is 12.0. The Balaban J connectivity index is 1.92. The second-order valence-corrected chi connectivity index (χ2v) is 6.04. The van der Waals surface area contributed by atoms with E-state index in [0.717, 1.165) is 24.1 Å². The number of thiophene rings is 1. The second-order valence-electron chi connectivity index (χ2n) is 5.26. The van der Waals surface area contributed by atoms with Crippen LogP contribution in [0.15, 0.2) is 47.2 Å². The number of hydrogen-bond acceptors (Lipinski definition) is 4. The van der Waals surface area contributed by atoms with Crippen LogP contribution in [-0.4, -0.2) is 4.98 Å². The summed E-state index contributed by atoms with van der Waals surface area (Å²) in [5.74, 6) is 5.82. The van der Waals surface area contributed by atoms with E-state index in [9.17, 15) is 0 Å². The first-order valence-electron chi connectivity index (χ1n) is 7.11. The number of fused-ring (bicyclic) bond motifs is 1. The van der Waals surface area contributed by atoms with E-state index in [1.54, 1.807) is 11.3 Å². The minimum absolute atomic E-state index is 0.136. The molecule has 108 valence electrons. The molecule has 3 aromatic rings. The predicted molar refractivity (Wildman–Crippen MR) is 89.2 cm³/mol. The third kappa shape index (κ3) is 3.13. The molecule has 0 spiro atoms. The van der Waals surface area contributed by atoms with Gasteiger partial charge in [0.25, 0.3) is 0 Å². The number of rotatable bonds is 5. The molecular formula is C17H19N3S. The van der Waals surface area contributed by atoms with E-state index in [4.69, 9.17) is 5.84 Å². The first-order valence-corrected chi connectivity index (χ1v) is 8.05. The van der Waals surface area contributed by atoms with Crippen LogP contribution in [0.1, 0.15) is 29.3 Å². The maximum absolute atomic E-state index is 5.82. The number of pyridine rings is 1. The number of hydrogen-bond donors (Lipinski definition) is 2. The topological polar surface area (TPSA) is 50.9 Å². The van der Waals surface area contributed by atoms with Gasteiger partial charge in [-0.25, -0.2) is 0 Å². The van der Waals surface area contributed by atoms with Crippen molar-refractivity contribution in [1.82, 2.24) is 10.4 Å². The van der Waals surface area contributed by atoms with Gasteiger partial charge in [0.1, 0.15) is 0 Å². The molecule has 3 rings (SSSR count). The van der Waals surface area contributed by atoms with E-state index >= 15 is 0 Å². The number of para-hydroxylation sites is 1. The quantitative estimate of drug-likeness (QED) is 0.557. The fraction of sp³-hybridized carbons (Fsp3) is 0.235. The van der Waals surface area contributed by atoms with Gasteiger partial charge in [-0.05, 0) is 59.9 Å². The van der Waals surface area contributed by atoms with E-state index in [0.29, 0.717) is 0 Å². The Bertz CT molecular complexity index is 722. The highest BCUT2D eigenvalue weighted by molar-refractivity contribution is 7.07. The number of nitrogens with zero attached hydrogens (tertiary/aromatic N) is 1. The zero-order valence-corrected chi connectivity index (χ0v) is 12.9. The predicted octanol–water partition coefficient (Wildman–Crippen LogP) is 3.74. The van der Waals surface area contributed by atoms with E-state index in [1.165, 1.54) is 16.5 Å². The van der Waals surface area contributed by atoms with Gasteiger partial charge in [0.2, 0.25) is 0 Å². The first-order chi connectivity index (χ1) is 10.3. The summed E-state index contributed by atoms with van der Waals surface area (Å²) in [6, 6.07) is 12.7. The van der Waals surface area contributed by atoms with Gasteiger partial charge in [-0.15, -0.1) is 0 Å². The lowest BCUT2D eigenvalue weighted by molar-refractivity contribution is 0.519. The number of benzene rings is 1. The Morgan fingerprint density at radius 3 is 2.90 bits per heavy atom. The lowest BCUT2D eigenvalue weighted by atomic mass is 9.96. The highest BCUT2D eigenvalue weighted by Gasteiger charge is 2.14. The lowest BCUT2D eigenvalue weighted by Gasteiger charge is -2.18. The van der Waals surface area contributed by atoms with Crippen LogP contribution in [0, 0.1) is 6.92 Å². The van der Waals surface area contributed by atoms with Crippen molar-refractivity contribution in [2.24, 2.45) is 5.84 Å². The molecule has 0 saturated heterocycles. The number of nitrogens with one attached hydrogen (secondary N) is 1. The number of aryl methyl sites for hydroxylation is 2. The van der Waals surface area contributed by atoms with Gasteiger partial charge in [-0.3, -0.25) is 16.3 Å². The number of aromatic nitrogens is 1. The Labute approximate surface area is 128 Å². The summed E-state index contributed by atoms with van der Waals surface area (Å²) in [5.41, 5.74) is 7.64. The summed E-state index contributed by atoms with van der Waals surface area (Å²) >= 11 is 1.74. The van der Waals surface area contributed by atoms with Crippen molar-refractivity contribution in [3.05, 3.63) is 64.0 Å². The summed E-state index contributed by atoms with van der Waals surface area (Å²) < 4.78 is 0. The van der Waals surface area contributed by atoms with Crippen LogP contribution in [-0.2, 0) is 6.42 Å². The Hall–Kier alpha value is -1.75. The SMILES string of the molecule is Cc1cc(C(CCc2ccsc2)NN)c2ccccc2n1. The molecule has 1 atom stereocenters. The molecule has 1 aromatic carbocycles. The Kier molecular flexibility index (Phi) is 4.29. The van der Waals surface area contributed by atoms with Gasteiger partial charge in [-0.2, -0.15) is 11.3 Å². The summed E-state index contributed by atoms with van der Waals surface area (Å²) in [6.45, 7) is 2.03. The van der Waals surface area contributed by atoms with Crippen molar-refractivity contribution >= 4 is 22.2 Å². The van der Waals surface area contributed by atoms with Gasteiger partial charge < -0.3 is 0 Å². The maximum atomic E-state index is 5.82. The third-order valence-corrected chi connectivity index (χ3v) is 4.49. The summed E-state index contributed by atoms with van der Waals surface area (Å²) in [6.07, 6.45) is 1.99. The largest absolute Gasteiger partial charge is 0.271 e. The Morgan fingerprint density at radius 1 is 1.29 bits per heavy atom. The van der Waals surface area contributed by atoms with Crippen LogP contribution in [0.5, 0.6) is 0 Å². The molecule has 0 amide bonds. The van der Waals surface area contributed by atoms with Crippen LogP contribution in [0.2, 0.25) is 0 Å². The molecular weight excluding hydrogens is 278 g/mol. The third-order valence-electron chi connectivity index (χ3n) is 3.75. The maximum Gasteiger partial charge on any atom is 0.0708 e. The smallest absolute Gasteiger partial charge is 0.0708 e. The van der Waals surface area contributed by atoms with E-state index in [2.05, 4.69) is 51.5 Å². The van der Waals surface area contributed by atoms with Crippen LogP contribution in [0.4, 0.5) is 0 Å². The molecule has 1 unspecified atom stereocenters. The molecule has 0 saturated carbocycles. The molecule has 21 heavy (non-hydrogen) atoms. The van der Waals surface area contributed by atoms with Gasteiger partial charge in [0.05, 0.1) is 5.52 Å². The summed E-state index contributed by atoms with van der Waals surface area (Å²) in [4.78, 5) is 4.60. The fourth-order valence-electron chi connectivity index (χ4n) is 2.70. The molecule has 2 heterocycles. The van der Waals surface area contributed by atoms with E-state index in [-0.39, 0.29) is 6.04 Å². The number of nitrogens with two attached hydrogens (primary N) is 1. The second kappa shape index (κ2) is 6.35. The average Bonchev–Trinajstić information content (AvgIpc) is 3.01. The van der Waals surface area contributed by atoms with Crippen molar-refractivity contribution in [3.8, 4) is 0 Å². The van der Waals surface area contributed by atoms with Gasteiger partial charge >= 0.3 is 0 Å². The molecule has 2 aromatic heterocycles. The van der Waals surface area contributed by atoms with Crippen molar-refractivity contribution in [2.75, 3.05) is 0 Å². The van der Waals surface area contributed by atoms with Crippen molar-refractivity contribution in [1.29, 1.82) is 0 Å². The minimum atomic E-state index is 0.136. The highest BCUT2D eigenvalue weighted by atomic mass is 32.1. The molecule has 0 fully saturated rings. The zero-order chi connectivity index (χ0) is 14.7. The van der Waals surface area contributed by atoms with Crippen LogP contribution < -0.4 is 11.3 Å². The van der Waals surface area contributed by atoms with Gasteiger partial charge in [0, 0.05) is 17.1 Å². The summed E-state index contributed by atoms with van der Waals surface area (Å²) in [5, 5.41) is 5.49. The summed E-state index contributed by atoms with van der Waals surface area (Å²) in [7, 11) is 0. The number of hydrazine groups is 1. The molecule has 3 N–H and O–H groups in total. The standard InChI is InChI=1S/C17H19N3S/c1-12-10-15(14-4-2-3-5-16(14)19-12)17(20-18)7-6-13-8-9-21-11-13/h2-5,8-11,17,20H,6-7,18H2,1H3. The monoisotopic (exact) mass is 297 g/mol. The van der Waals surface area contributed by atoms with Crippen LogP contribution in [0.25, 0.3) is 10.9 Å². The lowest BCUT2D eigenvalue weighted by Crippen LogP contribution is -2.28. The van der Waals surface area contributed by atoms with Crippen molar-refractivity contribution in [2.45, 2.75) is 25.8 Å². The van der Waals surface area contributed by atoms with Crippen molar-refractivity contribution < 1.29 is 0 Å². The fourth-order valence-corrected chi connectivity index (χ4v) is 3.41. The first kappa shape index (κ1) is 14.2.